The van der Waals surface area contributed by atoms with Crippen LogP contribution in [0.1, 0.15) is 47.7 Å². The van der Waals surface area contributed by atoms with Gasteiger partial charge in [0, 0.05) is 12.6 Å². The number of hydrogen-bond acceptors (Lipinski definition) is 5. The molecular weight excluding hydrogens is 464 g/mol. The topological polar surface area (TPSA) is 70.0 Å². The number of hydrogen-bond donors (Lipinski definition) is 2. The largest absolute Gasteiger partial charge is 0.507 e. The van der Waals surface area contributed by atoms with Crippen LogP contribution in [0.2, 0.25) is 0 Å². The molecule has 0 amide bonds. The molecule has 0 spiro atoms. The first-order valence-electron chi connectivity index (χ1n) is 12.2. The third-order valence-corrected chi connectivity index (χ3v) is 6.98. The first-order chi connectivity index (χ1) is 17.3. The fourth-order valence-corrected chi connectivity index (χ4v) is 5.00. The lowest BCUT2D eigenvalue weighted by Crippen LogP contribution is -2.44. The highest BCUT2D eigenvalue weighted by Gasteiger charge is 2.41. The Morgan fingerprint density at radius 3 is 2.03 bits per heavy atom. The average Bonchev–Trinajstić information content (AvgIpc) is 2.87. The van der Waals surface area contributed by atoms with Gasteiger partial charge in [-0.2, -0.15) is 0 Å². The van der Waals surface area contributed by atoms with Crippen molar-refractivity contribution in [2.24, 2.45) is 5.92 Å². The Bertz CT molecular complexity index is 1130. The van der Waals surface area contributed by atoms with E-state index in [9.17, 15) is 23.8 Å². The van der Waals surface area contributed by atoms with Crippen molar-refractivity contribution in [3.05, 3.63) is 95.1 Å². The number of piperidine rings is 1. The number of aliphatic hydroxyl groups is 1. The summed E-state index contributed by atoms with van der Waals surface area (Å²) in [5, 5.41) is 21.9. The van der Waals surface area contributed by atoms with Crippen LogP contribution in [0, 0.1) is 17.6 Å². The minimum absolute atomic E-state index is 0.0862. The van der Waals surface area contributed by atoms with Gasteiger partial charge in [0.15, 0.2) is 5.78 Å². The Balaban J connectivity index is 1.34. The van der Waals surface area contributed by atoms with Gasteiger partial charge in [-0.25, -0.2) is 8.78 Å². The van der Waals surface area contributed by atoms with E-state index in [2.05, 4.69) is 4.90 Å². The van der Waals surface area contributed by atoms with E-state index in [1.165, 1.54) is 37.3 Å². The van der Waals surface area contributed by atoms with Crippen molar-refractivity contribution in [1.82, 2.24) is 4.90 Å². The lowest BCUT2D eigenvalue weighted by atomic mass is 9.72. The van der Waals surface area contributed by atoms with E-state index in [4.69, 9.17) is 4.74 Å². The number of Topliss-reactive ketones (excluding diaryl/α,β-unsaturated/α-hetero) is 1. The molecule has 0 unspecified atom stereocenters. The van der Waals surface area contributed by atoms with E-state index in [1.807, 2.05) is 0 Å². The highest BCUT2D eigenvalue weighted by Crippen LogP contribution is 2.42. The second-order valence-corrected chi connectivity index (χ2v) is 9.33. The molecule has 0 aliphatic carbocycles. The van der Waals surface area contributed by atoms with Gasteiger partial charge in [-0.3, -0.25) is 4.79 Å². The van der Waals surface area contributed by atoms with Gasteiger partial charge >= 0.3 is 0 Å². The monoisotopic (exact) mass is 495 g/mol. The van der Waals surface area contributed by atoms with Crippen molar-refractivity contribution in [3.8, 4) is 11.5 Å². The zero-order valence-electron chi connectivity index (χ0n) is 20.3. The molecule has 0 saturated carbocycles. The Hall–Kier alpha value is -3.29. The van der Waals surface area contributed by atoms with Gasteiger partial charge < -0.3 is 19.8 Å². The van der Waals surface area contributed by atoms with Crippen LogP contribution in [0.15, 0.2) is 66.7 Å². The summed E-state index contributed by atoms with van der Waals surface area (Å²) in [6.45, 7) is 4.25. The zero-order chi connectivity index (χ0) is 25.7. The maximum Gasteiger partial charge on any atom is 0.163 e. The third-order valence-electron chi connectivity index (χ3n) is 6.98. The molecule has 3 aromatic carbocycles. The highest BCUT2D eigenvalue weighted by molar-refractivity contribution is 5.96. The second kappa shape index (κ2) is 11.2. The summed E-state index contributed by atoms with van der Waals surface area (Å²) in [5.74, 6) is -0.627. The number of phenols is 1. The third kappa shape index (κ3) is 5.74. The summed E-state index contributed by atoms with van der Waals surface area (Å²) in [5.41, 5.74) is 0.124. The first kappa shape index (κ1) is 25.8. The molecule has 0 aromatic heterocycles. The molecule has 1 fully saturated rings. The van der Waals surface area contributed by atoms with Crippen molar-refractivity contribution in [2.45, 2.75) is 31.8 Å². The van der Waals surface area contributed by atoms with Crippen molar-refractivity contribution in [2.75, 3.05) is 26.2 Å². The number of carbonyl (C=O) groups is 1. The van der Waals surface area contributed by atoms with Gasteiger partial charge in [0.2, 0.25) is 0 Å². The molecule has 3 aromatic rings. The Morgan fingerprint density at radius 2 is 1.53 bits per heavy atom. The van der Waals surface area contributed by atoms with Gasteiger partial charge in [0.25, 0.3) is 0 Å². The molecule has 1 heterocycles. The molecule has 1 saturated heterocycles. The summed E-state index contributed by atoms with van der Waals surface area (Å²) in [7, 11) is 0. The standard InChI is InChI=1S/C29H31F2NO4/c1-20(33)27-12-11-26(19-28(27)34)36-18-2-15-32-16-13-23(14-17-32)29(35,21-3-7-24(30)8-4-21)22-5-9-25(31)10-6-22/h3-12,19,23,34-35H,2,13-18H2,1H3. The average molecular weight is 496 g/mol. The molecule has 0 radical (unpaired) electrons. The Morgan fingerprint density at radius 1 is 0.972 bits per heavy atom. The fourth-order valence-electron chi connectivity index (χ4n) is 5.00. The number of benzene rings is 3. The first-order valence-corrected chi connectivity index (χ1v) is 12.2. The van der Waals surface area contributed by atoms with Crippen LogP contribution in [-0.4, -0.2) is 47.1 Å². The SMILES string of the molecule is CC(=O)c1ccc(OCCCN2CCC(C(O)(c3ccc(F)cc3)c3ccc(F)cc3)CC2)cc1O. The Kier molecular flexibility index (Phi) is 8.01. The number of halogens is 2. The lowest BCUT2D eigenvalue weighted by molar-refractivity contribution is -0.0147. The number of likely N-dealkylation sites (tertiary alicyclic amines) is 1. The summed E-state index contributed by atoms with van der Waals surface area (Å²) in [6, 6.07) is 16.4. The van der Waals surface area contributed by atoms with Crippen LogP contribution >= 0.6 is 0 Å². The van der Waals surface area contributed by atoms with Gasteiger partial charge in [-0.1, -0.05) is 24.3 Å². The predicted octanol–water partition coefficient (Wildman–Crippen LogP) is 5.29. The summed E-state index contributed by atoms with van der Waals surface area (Å²) in [4.78, 5) is 13.7. The molecule has 4 rings (SSSR count). The van der Waals surface area contributed by atoms with Crippen molar-refractivity contribution in [3.63, 3.8) is 0 Å². The lowest BCUT2D eigenvalue weighted by Gasteiger charge is -2.42. The number of nitrogens with zero attached hydrogens (tertiary/aromatic N) is 1. The number of phenolic OH excluding ortho intramolecular Hbond substituents is 1. The number of ether oxygens (including phenoxy) is 1. The van der Waals surface area contributed by atoms with Gasteiger partial charge in [0.1, 0.15) is 28.7 Å². The summed E-state index contributed by atoms with van der Waals surface area (Å²) in [6.07, 6.45) is 2.24. The molecule has 0 atom stereocenters. The van der Waals surface area contributed by atoms with E-state index in [0.717, 1.165) is 38.9 Å². The second-order valence-electron chi connectivity index (χ2n) is 9.33. The van der Waals surface area contributed by atoms with Crippen LogP contribution in [0.5, 0.6) is 11.5 Å². The zero-order valence-corrected chi connectivity index (χ0v) is 20.3. The van der Waals surface area contributed by atoms with Crippen molar-refractivity contribution in [1.29, 1.82) is 0 Å². The number of carbonyl (C=O) groups excluding carboxylic acids is 1. The van der Waals surface area contributed by atoms with E-state index >= 15 is 0 Å². The van der Waals surface area contributed by atoms with E-state index < -0.39 is 5.60 Å². The van der Waals surface area contributed by atoms with Crippen LogP contribution < -0.4 is 4.74 Å². The van der Waals surface area contributed by atoms with Crippen LogP contribution in [0.3, 0.4) is 0 Å². The van der Waals surface area contributed by atoms with Crippen LogP contribution in [0.25, 0.3) is 0 Å². The molecule has 1 aliphatic rings. The molecule has 1 aliphatic heterocycles. The van der Waals surface area contributed by atoms with Crippen LogP contribution in [0.4, 0.5) is 8.78 Å². The molecule has 190 valence electrons. The van der Waals surface area contributed by atoms with E-state index in [0.29, 0.717) is 23.5 Å². The normalized spacial score (nSPS) is 15.1. The van der Waals surface area contributed by atoms with Gasteiger partial charge in [-0.05, 0) is 92.7 Å². The van der Waals surface area contributed by atoms with Crippen molar-refractivity contribution >= 4 is 5.78 Å². The van der Waals surface area contributed by atoms with E-state index in [-0.39, 0.29) is 34.6 Å². The maximum absolute atomic E-state index is 13.6. The molecule has 7 heteroatoms. The molecule has 36 heavy (non-hydrogen) atoms. The molecule has 2 N–H and O–H groups in total. The van der Waals surface area contributed by atoms with Gasteiger partial charge in [-0.15, -0.1) is 0 Å². The molecule has 0 bridgehead atoms. The number of rotatable bonds is 9. The van der Waals surface area contributed by atoms with Gasteiger partial charge in [0.05, 0.1) is 12.2 Å². The fraction of sp³-hybridized carbons (Fsp3) is 0.345. The quantitative estimate of drug-likeness (QED) is 0.312. The smallest absolute Gasteiger partial charge is 0.163 e. The minimum Gasteiger partial charge on any atom is -0.507 e. The number of aromatic hydroxyl groups is 1. The van der Waals surface area contributed by atoms with E-state index in [1.54, 1.807) is 36.4 Å². The maximum atomic E-state index is 13.6. The van der Waals surface area contributed by atoms with Crippen molar-refractivity contribution < 1.29 is 28.5 Å². The molecular formula is C29H31F2NO4. The summed E-state index contributed by atoms with van der Waals surface area (Å²) < 4.78 is 32.9. The number of ketones is 1. The highest BCUT2D eigenvalue weighted by atomic mass is 19.1. The predicted molar refractivity (Wildman–Crippen MR) is 133 cm³/mol. The summed E-state index contributed by atoms with van der Waals surface area (Å²) >= 11 is 0. The minimum atomic E-state index is -1.34. The van der Waals surface area contributed by atoms with Crippen LogP contribution in [-0.2, 0) is 5.60 Å². The molecule has 5 nitrogen and oxygen atoms in total. The Labute approximate surface area is 210 Å².